The molecule has 3 aliphatic rings. The molecule has 1 aromatic carbocycles. The summed E-state index contributed by atoms with van der Waals surface area (Å²) in [5.74, 6) is -2.49. The SMILES string of the molecule is CC(C)/C=C/c1cnc(N2CCC(c3nc4c(c(C5CCC(F)(F)CC5)c3C(F)c3ccc(C(F)(F)F)cc3)[C@@H](O)CC(C)(C)C4)CC2)nc1. The number of hydrogen-bond donors (Lipinski definition) is 1. The quantitative estimate of drug-likeness (QED) is 0.249. The highest BCUT2D eigenvalue weighted by Crippen LogP contribution is 2.52. The zero-order chi connectivity index (χ0) is 36.0. The van der Waals surface area contributed by atoms with Crippen molar-refractivity contribution in [1.82, 2.24) is 15.0 Å². The van der Waals surface area contributed by atoms with Crippen molar-refractivity contribution < 1.29 is 31.4 Å². The number of aliphatic hydroxyl groups excluding tert-OH is 1. The summed E-state index contributed by atoms with van der Waals surface area (Å²) < 4.78 is 86.5. The first kappa shape index (κ1) is 36.3. The molecule has 2 aliphatic carbocycles. The topological polar surface area (TPSA) is 62.1 Å². The van der Waals surface area contributed by atoms with Gasteiger partial charge in [-0.05, 0) is 79.0 Å². The second kappa shape index (κ2) is 13.9. The zero-order valence-corrected chi connectivity index (χ0v) is 29.1. The van der Waals surface area contributed by atoms with Gasteiger partial charge in [0.05, 0.1) is 17.4 Å². The molecule has 270 valence electrons. The number of aliphatic hydroxyl groups is 1. The summed E-state index contributed by atoms with van der Waals surface area (Å²) >= 11 is 0. The first-order chi connectivity index (χ1) is 23.5. The number of aromatic nitrogens is 3. The number of benzene rings is 1. The molecule has 0 bridgehead atoms. The summed E-state index contributed by atoms with van der Waals surface area (Å²) in [7, 11) is 0. The molecule has 3 heterocycles. The van der Waals surface area contributed by atoms with Crippen LogP contribution in [0.2, 0.25) is 0 Å². The third-order valence-corrected chi connectivity index (χ3v) is 10.6. The zero-order valence-electron chi connectivity index (χ0n) is 29.1. The third kappa shape index (κ3) is 7.87. The summed E-state index contributed by atoms with van der Waals surface area (Å²) in [5.41, 5.74) is 2.21. The molecule has 0 amide bonds. The van der Waals surface area contributed by atoms with Crippen molar-refractivity contribution in [2.24, 2.45) is 11.3 Å². The van der Waals surface area contributed by atoms with E-state index in [4.69, 9.17) is 4.98 Å². The minimum Gasteiger partial charge on any atom is -0.388 e. The Morgan fingerprint density at radius 1 is 0.920 bits per heavy atom. The molecule has 1 saturated carbocycles. The van der Waals surface area contributed by atoms with Gasteiger partial charge in [0, 0.05) is 66.6 Å². The molecule has 11 heteroatoms. The molecule has 0 spiro atoms. The Morgan fingerprint density at radius 3 is 2.12 bits per heavy atom. The third-order valence-electron chi connectivity index (χ3n) is 10.6. The molecule has 1 unspecified atom stereocenters. The molecular formula is C39H46F6N4O. The summed E-state index contributed by atoms with van der Waals surface area (Å²) in [5, 5.41) is 11.6. The van der Waals surface area contributed by atoms with Crippen molar-refractivity contribution in [2.45, 2.75) is 115 Å². The van der Waals surface area contributed by atoms with Crippen molar-refractivity contribution in [2.75, 3.05) is 18.0 Å². The maximum atomic E-state index is 17.2. The average Bonchev–Trinajstić information content (AvgIpc) is 3.06. The number of piperidine rings is 1. The molecule has 2 fully saturated rings. The average molecular weight is 701 g/mol. The van der Waals surface area contributed by atoms with E-state index in [9.17, 15) is 27.1 Å². The monoisotopic (exact) mass is 700 g/mol. The van der Waals surface area contributed by atoms with Gasteiger partial charge in [-0.1, -0.05) is 52.0 Å². The highest BCUT2D eigenvalue weighted by atomic mass is 19.4. The lowest BCUT2D eigenvalue weighted by molar-refractivity contribution is -0.137. The largest absolute Gasteiger partial charge is 0.416 e. The molecule has 1 saturated heterocycles. The lowest BCUT2D eigenvalue weighted by atomic mass is 9.68. The van der Waals surface area contributed by atoms with Gasteiger partial charge in [-0.15, -0.1) is 0 Å². The fourth-order valence-corrected chi connectivity index (χ4v) is 7.95. The Labute approximate surface area is 290 Å². The molecule has 1 aliphatic heterocycles. The van der Waals surface area contributed by atoms with E-state index in [1.807, 2.05) is 19.9 Å². The van der Waals surface area contributed by atoms with Crippen LogP contribution in [0.25, 0.3) is 6.08 Å². The summed E-state index contributed by atoms with van der Waals surface area (Å²) in [4.78, 5) is 16.4. The summed E-state index contributed by atoms with van der Waals surface area (Å²) in [6, 6.07) is 4.03. The van der Waals surface area contributed by atoms with Crippen LogP contribution in [0.5, 0.6) is 0 Å². The van der Waals surface area contributed by atoms with Gasteiger partial charge in [0.15, 0.2) is 6.17 Å². The highest BCUT2D eigenvalue weighted by molar-refractivity contribution is 5.52. The minimum absolute atomic E-state index is 0.0338. The van der Waals surface area contributed by atoms with Crippen molar-refractivity contribution in [3.05, 3.63) is 87.5 Å². The second-order valence-electron chi connectivity index (χ2n) is 15.5. The number of nitrogens with zero attached hydrogens (tertiary/aromatic N) is 4. The van der Waals surface area contributed by atoms with Crippen LogP contribution in [0, 0.1) is 11.3 Å². The van der Waals surface area contributed by atoms with E-state index < -0.39 is 35.9 Å². The number of hydrogen-bond acceptors (Lipinski definition) is 5. The van der Waals surface area contributed by atoms with Crippen LogP contribution in [0.1, 0.15) is 142 Å². The van der Waals surface area contributed by atoms with Crippen LogP contribution >= 0.6 is 0 Å². The first-order valence-electron chi connectivity index (χ1n) is 17.7. The maximum absolute atomic E-state index is 17.2. The first-order valence-corrected chi connectivity index (χ1v) is 17.7. The molecular weight excluding hydrogens is 654 g/mol. The van der Waals surface area contributed by atoms with E-state index >= 15 is 4.39 Å². The number of alkyl halides is 6. The Morgan fingerprint density at radius 2 is 1.54 bits per heavy atom. The van der Waals surface area contributed by atoms with Crippen LogP contribution in [-0.2, 0) is 12.6 Å². The maximum Gasteiger partial charge on any atom is 0.416 e. The number of rotatable bonds is 7. The van der Waals surface area contributed by atoms with E-state index in [0.717, 1.165) is 29.8 Å². The predicted octanol–water partition coefficient (Wildman–Crippen LogP) is 10.3. The van der Waals surface area contributed by atoms with Crippen LogP contribution in [0.3, 0.4) is 0 Å². The Kier molecular flexibility index (Phi) is 10.1. The molecule has 50 heavy (non-hydrogen) atoms. The molecule has 0 radical (unpaired) electrons. The van der Waals surface area contributed by atoms with Gasteiger partial charge in [-0.2, -0.15) is 13.2 Å². The Bertz CT molecular complexity index is 1670. The number of fused-ring (bicyclic) bond motifs is 1. The Hall–Kier alpha value is -3.47. The number of anilines is 1. The molecule has 6 rings (SSSR count). The number of pyridine rings is 1. The summed E-state index contributed by atoms with van der Waals surface area (Å²) in [6.07, 6.45) is 1.83. The molecule has 3 aromatic rings. The summed E-state index contributed by atoms with van der Waals surface area (Å²) in [6.45, 7) is 9.40. The van der Waals surface area contributed by atoms with E-state index in [1.165, 1.54) is 0 Å². The number of halogens is 6. The lowest BCUT2D eigenvalue weighted by Crippen LogP contribution is -2.36. The van der Waals surface area contributed by atoms with Crippen molar-refractivity contribution in [3.63, 3.8) is 0 Å². The Balaban J connectivity index is 1.41. The van der Waals surface area contributed by atoms with Gasteiger partial charge >= 0.3 is 6.18 Å². The van der Waals surface area contributed by atoms with Gasteiger partial charge in [0.1, 0.15) is 0 Å². The van der Waals surface area contributed by atoms with E-state index in [-0.39, 0.29) is 48.1 Å². The minimum atomic E-state index is -4.58. The van der Waals surface area contributed by atoms with Gasteiger partial charge in [0.2, 0.25) is 11.9 Å². The van der Waals surface area contributed by atoms with Crippen molar-refractivity contribution in [1.29, 1.82) is 0 Å². The second-order valence-corrected chi connectivity index (χ2v) is 15.5. The van der Waals surface area contributed by atoms with Crippen LogP contribution in [-0.4, -0.2) is 39.1 Å². The van der Waals surface area contributed by atoms with E-state index in [1.54, 1.807) is 12.4 Å². The number of allylic oxidation sites excluding steroid dienone is 1. The lowest BCUT2D eigenvalue weighted by Gasteiger charge is -2.41. The molecule has 5 nitrogen and oxygen atoms in total. The van der Waals surface area contributed by atoms with Crippen LogP contribution in [0.15, 0.2) is 42.7 Å². The van der Waals surface area contributed by atoms with Gasteiger partial charge < -0.3 is 10.0 Å². The highest BCUT2D eigenvalue weighted by Gasteiger charge is 2.44. The molecule has 2 aromatic heterocycles. The van der Waals surface area contributed by atoms with E-state index in [2.05, 4.69) is 34.8 Å². The van der Waals surface area contributed by atoms with Gasteiger partial charge in [-0.25, -0.2) is 23.1 Å². The predicted molar refractivity (Wildman–Crippen MR) is 182 cm³/mol. The van der Waals surface area contributed by atoms with Gasteiger partial charge in [-0.3, -0.25) is 4.98 Å². The molecule has 2 atom stereocenters. The fraction of sp³-hybridized carbons (Fsp3) is 0.564. The van der Waals surface area contributed by atoms with Crippen LogP contribution in [0.4, 0.5) is 32.3 Å². The van der Waals surface area contributed by atoms with Crippen molar-refractivity contribution >= 4 is 12.0 Å². The van der Waals surface area contributed by atoms with Gasteiger partial charge in [0.25, 0.3) is 0 Å². The van der Waals surface area contributed by atoms with Crippen LogP contribution < -0.4 is 4.90 Å². The molecule has 1 N–H and O–H groups in total. The fourth-order valence-electron chi connectivity index (χ4n) is 7.95. The van der Waals surface area contributed by atoms with Crippen molar-refractivity contribution in [3.8, 4) is 0 Å². The van der Waals surface area contributed by atoms with E-state index in [0.29, 0.717) is 73.2 Å². The normalized spacial score (nSPS) is 22.2. The smallest absolute Gasteiger partial charge is 0.388 e. The standard InChI is InChI=1S/C39H46F6N4O/c1-23(2)5-6-24-21-46-36(47-22-24)49-17-13-27(14-18-49)35-33(34(40)26-7-9-28(10-8-26)39(43,44)45)31(25-11-15-38(41,42)16-12-25)32-29(48-35)19-37(3,4)20-30(32)50/h5-10,21-23,25,27,30,34,50H,11-20H2,1-4H3/b6-5+/t30-,34?/m0/s1.